The van der Waals surface area contributed by atoms with Crippen molar-refractivity contribution < 1.29 is 9.66 Å². The summed E-state index contributed by atoms with van der Waals surface area (Å²) in [6.45, 7) is 4.08. The monoisotopic (exact) mass is 291 g/mol. The molecule has 0 bridgehead atoms. The maximum Gasteiger partial charge on any atom is 0.311 e. The number of ether oxygens (including phenoxy) is 1. The average Bonchev–Trinajstić information content (AvgIpc) is 2.85. The summed E-state index contributed by atoms with van der Waals surface area (Å²) in [7, 11) is 1.86. The number of rotatable bonds is 6. The van der Waals surface area contributed by atoms with Gasteiger partial charge in [0, 0.05) is 24.9 Å². The van der Waals surface area contributed by atoms with Gasteiger partial charge in [-0.1, -0.05) is 0 Å². The molecule has 8 nitrogen and oxygen atoms in total. The fourth-order valence-electron chi connectivity index (χ4n) is 2.02. The lowest BCUT2D eigenvalue weighted by atomic mass is 10.2. The normalized spacial score (nSPS) is 12.0. The first-order valence-corrected chi connectivity index (χ1v) is 6.54. The van der Waals surface area contributed by atoms with E-state index in [1.54, 1.807) is 25.4 Å². The van der Waals surface area contributed by atoms with Gasteiger partial charge in [0.15, 0.2) is 11.6 Å². The third-order valence-corrected chi connectivity index (χ3v) is 2.97. The Morgan fingerprint density at radius 3 is 2.86 bits per heavy atom. The second-order valence-electron chi connectivity index (χ2n) is 4.54. The van der Waals surface area contributed by atoms with Crippen molar-refractivity contribution >= 4 is 11.4 Å². The summed E-state index contributed by atoms with van der Waals surface area (Å²) < 4.78 is 7.13. The highest BCUT2D eigenvalue weighted by molar-refractivity contribution is 5.58. The Morgan fingerprint density at radius 2 is 2.29 bits per heavy atom. The van der Waals surface area contributed by atoms with Crippen LogP contribution in [0.15, 0.2) is 24.5 Å². The second-order valence-corrected chi connectivity index (χ2v) is 4.54. The number of aryl methyl sites for hydroxylation is 1. The first kappa shape index (κ1) is 14.8. The summed E-state index contributed by atoms with van der Waals surface area (Å²) in [5.41, 5.74) is 0.674. The Morgan fingerprint density at radius 1 is 1.52 bits per heavy atom. The molecule has 8 heteroatoms. The zero-order valence-corrected chi connectivity index (χ0v) is 12.1. The topological polar surface area (TPSA) is 95.1 Å². The molecule has 0 aliphatic rings. The van der Waals surface area contributed by atoms with E-state index in [0.29, 0.717) is 6.61 Å². The van der Waals surface area contributed by atoms with Crippen molar-refractivity contribution in [2.45, 2.75) is 19.9 Å². The Bertz CT molecular complexity index is 640. The lowest BCUT2D eigenvalue weighted by Gasteiger charge is -2.15. The van der Waals surface area contributed by atoms with Crippen LogP contribution in [0.4, 0.5) is 11.4 Å². The van der Waals surface area contributed by atoms with Crippen LogP contribution >= 0.6 is 0 Å². The molecule has 1 aromatic carbocycles. The average molecular weight is 291 g/mol. The number of nitrogens with zero attached hydrogens (tertiary/aromatic N) is 4. The van der Waals surface area contributed by atoms with Crippen molar-refractivity contribution in [3.63, 3.8) is 0 Å². The van der Waals surface area contributed by atoms with Gasteiger partial charge in [0.05, 0.1) is 17.6 Å². The first-order valence-electron chi connectivity index (χ1n) is 6.54. The smallest absolute Gasteiger partial charge is 0.311 e. The maximum absolute atomic E-state index is 10.9. The van der Waals surface area contributed by atoms with Crippen molar-refractivity contribution in [2.75, 3.05) is 11.9 Å². The molecule has 2 aromatic rings. The Kier molecular flexibility index (Phi) is 4.36. The van der Waals surface area contributed by atoms with E-state index in [9.17, 15) is 10.1 Å². The summed E-state index contributed by atoms with van der Waals surface area (Å²) in [5.74, 6) is 1.02. The van der Waals surface area contributed by atoms with Gasteiger partial charge in [-0.25, -0.2) is 0 Å². The zero-order valence-electron chi connectivity index (χ0n) is 12.1. The minimum Gasteiger partial charge on any atom is -0.487 e. The van der Waals surface area contributed by atoms with Crippen LogP contribution in [0.2, 0.25) is 0 Å². The third-order valence-electron chi connectivity index (χ3n) is 2.97. The van der Waals surface area contributed by atoms with E-state index in [1.165, 1.54) is 6.07 Å². The predicted octanol–water partition coefficient (Wildman–Crippen LogP) is 2.30. The number of nitro benzene ring substituents is 1. The van der Waals surface area contributed by atoms with Crippen molar-refractivity contribution in [1.82, 2.24) is 14.8 Å². The van der Waals surface area contributed by atoms with E-state index >= 15 is 0 Å². The van der Waals surface area contributed by atoms with Gasteiger partial charge >= 0.3 is 5.69 Å². The molecule has 0 saturated heterocycles. The number of hydrogen-bond donors (Lipinski definition) is 1. The van der Waals surface area contributed by atoms with E-state index in [4.69, 9.17) is 4.74 Å². The third kappa shape index (κ3) is 3.28. The Labute approximate surface area is 121 Å². The zero-order chi connectivity index (χ0) is 15.4. The number of benzene rings is 1. The molecule has 2 rings (SSSR count). The molecule has 0 aliphatic heterocycles. The summed E-state index contributed by atoms with van der Waals surface area (Å²) in [5, 5.41) is 22.0. The van der Waals surface area contributed by atoms with Gasteiger partial charge in [0.25, 0.3) is 0 Å². The molecule has 0 saturated carbocycles. The van der Waals surface area contributed by atoms with Crippen LogP contribution in [-0.4, -0.2) is 26.3 Å². The molecule has 1 unspecified atom stereocenters. The highest BCUT2D eigenvalue weighted by Gasteiger charge is 2.17. The van der Waals surface area contributed by atoms with Gasteiger partial charge in [0.1, 0.15) is 6.33 Å². The molecular weight excluding hydrogens is 274 g/mol. The molecule has 0 amide bonds. The molecule has 21 heavy (non-hydrogen) atoms. The van der Waals surface area contributed by atoms with Gasteiger partial charge in [-0.2, -0.15) is 0 Å². The number of nitro groups is 1. The maximum atomic E-state index is 10.9. The summed E-state index contributed by atoms with van der Waals surface area (Å²) in [4.78, 5) is 10.5. The largest absolute Gasteiger partial charge is 0.487 e. The van der Waals surface area contributed by atoms with E-state index in [1.807, 2.05) is 18.5 Å². The molecule has 0 spiro atoms. The highest BCUT2D eigenvalue weighted by Crippen LogP contribution is 2.31. The minimum absolute atomic E-state index is 0.0475. The van der Waals surface area contributed by atoms with E-state index < -0.39 is 4.92 Å². The molecule has 0 fully saturated rings. The van der Waals surface area contributed by atoms with Crippen LogP contribution in [0.1, 0.15) is 25.7 Å². The molecule has 112 valence electrons. The standard InChI is InChI=1S/C13H17N5O3/c1-4-21-12-7-10(5-6-11(12)18(19)20)15-9(2)13-16-14-8-17(13)3/h5-9,15H,4H2,1-3H3. The number of anilines is 1. The lowest BCUT2D eigenvalue weighted by molar-refractivity contribution is -0.385. The SMILES string of the molecule is CCOc1cc(NC(C)c2nncn2C)ccc1[N+](=O)[O-]. The summed E-state index contributed by atoms with van der Waals surface area (Å²) >= 11 is 0. The molecule has 0 radical (unpaired) electrons. The Hall–Kier alpha value is -2.64. The van der Waals surface area contributed by atoms with Crippen LogP contribution in [0, 0.1) is 10.1 Å². The van der Waals surface area contributed by atoms with Crippen LogP contribution < -0.4 is 10.1 Å². The Balaban J connectivity index is 2.22. The van der Waals surface area contributed by atoms with Crippen molar-refractivity contribution in [3.05, 3.63) is 40.5 Å². The lowest BCUT2D eigenvalue weighted by Crippen LogP contribution is -2.12. The fraction of sp³-hybridized carbons (Fsp3) is 0.385. The van der Waals surface area contributed by atoms with Crippen LogP contribution in [0.3, 0.4) is 0 Å². The molecule has 0 aliphatic carbocycles. The first-order chi connectivity index (χ1) is 10.0. The molecule has 1 N–H and O–H groups in total. The van der Waals surface area contributed by atoms with Gasteiger partial charge in [-0.3, -0.25) is 10.1 Å². The van der Waals surface area contributed by atoms with Gasteiger partial charge < -0.3 is 14.6 Å². The number of nitrogens with one attached hydrogen (secondary N) is 1. The molecular formula is C13H17N5O3. The predicted molar refractivity (Wildman–Crippen MR) is 77.3 cm³/mol. The fourth-order valence-corrected chi connectivity index (χ4v) is 2.02. The van der Waals surface area contributed by atoms with Crippen molar-refractivity contribution in [1.29, 1.82) is 0 Å². The van der Waals surface area contributed by atoms with Crippen LogP contribution in [-0.2, 0) is 7.05 Å². The number of aromatic nitrogens is 3. The molecule has 1 heterocycles. The number of hydrogen-bond acceptors (Lipinski definition) is 6. The van der Waals surface area contributed by atoms with E-state index in [0.717, 1.165) is 11.5 Å². The van der Waals surface area contributed by atoms with E-state index in [2.05, 4.69) is 15.5 Å². The quantitative estimate of drug-likeness (QED) is 0.648. The van der Waals surface area contributed by atoms with Crippen LogP contribution in [0.25, 0.3) is 0 Å². The van der Waals surface area contributed by atoms with Gasteiger partial charge in [-0.15, -0.1) is 10.2 Å². The minimum atomic E-state index is -0.457. The van der Waals surface area contributed by atoms with Crippen molar-refractivity contribution in [2.24, 2.45) is 7.05 Å². The van der Waals surface area contributed by atoms with Gasteiger partial charge in [-0.05, 0) is 19.9 Å². The van der Waals surface area contributed by atoms with Gasteiger partial charge in [0.2, 0.25) is 0 Å². The summed E-state index contributed by atoms with van der Waals surface area (Å²) in [6, 6.07) is 4.60. The highest BCUT2D eigenvalue weighted by atomic mass is 16.6. The molecule has 1 atom stereocenters. The van der Waals surface area contributed by atoms with Crippen LogP contribution in [0.5, 0.6) is 5.75 Å². The van der Waals surface area contributed by atoms with E-state index in [-0.39, 0.29) is 17.5 Å². The van der Waals surface area contributed by atoms with Crippen molar-refractivity contribution in [3.8, 4) is 5.75 Å². The molecule has 1 aromatic heterocycles. The second kappa shape index (κ2) is 6.21. The summed E-state index contributed by atoms with van der Waals surface area (Å²) in [6.07, 6.45) is 1.62.